The van der Waals surface area contributed by atoms with Gasteiger partial charge in [-0.1, -0.05) is 13.8 Å². The third-order valence-electron chi connectivity index (χ3n) is 2.38. The Kier molecular flexibility index (Phi) is 3.34. The van der Waals surface area contributed by atoms with Crippen LogP contribution < -0.4 is 11.2 Å². The average molecular weight is 211 g/mol. The van der Waals surface area contributed by atoms with Crippen LogP contribution in [0.25, 0.3) is 0 Å². The monoisotopic (exact) mass is 211 g/mol. The Hall–Kier alpha value is -1.52. The molecule has 84 valence electrons. The number of nitrogens with two attached hydrogens (primary N) is 1. The van der Waals surface area contributed by atoms with Gasteiger partial charge in [0, 0.05) is 0 Å². The number of carbonyl (C=O) groups is 1. The van der Waals surface area contributed by atoms with E-state index in [0.29, 0.717) is 18.1 Å². The third-order valence-corrected chi connectivity index (χ3v) is 2.38. The molecule has 5 nitrogen and oxygen atoms in total. The summed E-state index contributed by atoms with van der Waals surface area (Å²) in [6, 6.07) is -0.302. The van der Waals surface area contributed by atoms with E-state index in [9.17, 15) is 9.90 Å². The van der Waals surface area contributed by atoms with E-state index < -0.39 is 0 Å². The lowest BCUT2D eigenvalue weighted by Crippen LogP contribution is -2.30. The minimum Gasteiger partial charge on any atom is -0.509 e. The van der Waals surface area contributed by atoms with E-state index in [1.165, 1.54) is 0 Å². The zero-order valence-electron chi connectivity index (χ0n) is 9.24. The van der Waals surface area contributed by atoms with Gasteiger partial charge in [-0.05, 0) is 19.3 Å². The maximum Gasteiger partial charge on any atom is 0.257 e. The molecule has 0 aromatic heterocycles. The van der Waals surface area contributed by atoms with E-state index in [-0.39, 0.29) is 23.3 Å². The summed E-state index contributed by atoms with van der Waals surface area (Å²) >= 11 is 0. The molecule has 1 atom stereocenters. The summed E-state index contributed by atoms with van der Waals surface area (Å²) in [5.74, 6) is 5.24. The molecule has 1 aliphatic rings. The molecule has 0 aromatic rings. The van der Waals surface area contributed by atoms with E-state index in [1.807, 2.05) is 13.8 Å². The molecule has 1 amide bonds. The number of hydrazone groups is 1. The molecule has 0 bridgehead atoms. The smallest absolute Gasteiger partial charge is 0.257 e. The van der Waals surface area contributed by atoms with E-state index in [4.69, 9.17) is 5.84 Å². The summed E-state index contributed by atoms with van der Waals surface area (Å²) in [6.07, 6.45) is 0.707. The van der Waals surface area contributed by atoms with Gasteiger partial charge in [0.1, 0.15) is 11.3 Å². The van der Waals surface area contributed by atoms with Crippen LogP contribution in [-0.4, -0.2) is 22.8 Å². The summed E-state index contributed by atoms with van der Waals surface area (Å²) in [5.41, 5.74) is 0.569. The lowest BCUT2D eigenvalue weighted by atomic mass is 10.0. The molecule has 1 aliphatic heterocycles. The molecule has 15 heavy (non-hydrogen) atoms. The van der Waals surface area contributed by atoms with Gasteiger partial charge in [0.2, 0.25) is 0 Å². The van der Waals surface area contributed by atoms with Crippen LogP contribution in [0.4, 0.5) is 0 Å². The van der Waals surface area contributed by atoms with Crippen LogP contribution in [0.2, 0.25) is 0 Å². The minimum absolute atomic E-state index is 0.0559. The number of rotatable bonds is 3. The Morgan fingerprint density at radius 1 is 1.67 bits per heavy atom. The number of hydrogen-bond acceptors (Lipinski definition) is 4. The Bertz CT molecular complexity index is 332. The van der Waals surface area contributed by atoms with Crippen molar-refractivity contribution in [1.82, 2.24) is 5.32 Å². The number of aliphatic hydroxyl groups is 1. The van der Waals surface area contributed by atoms with Gasteiger partial charge in [-0.15, -0.1) is 0 Å². The molecule has 1 rings (SSSR count). The second-order valence-electron chi connectivity index (χ2n) is 4.13. The van der Waals surface area contributed by atoms with Gasteiger partial charge in [0.05, 0.1) is 11.8 Å². The fourth-order valence-electron chi connectivity index (χ4n) is 1.65. The van der Waals surface area contributed by atoms with Gasteiger partial charge < -0.3 is 16.3 Å². The zero-order valence-corrected chi connectivity index (χ0v) is 9.24. The highest BCUT2D eigenvalue weighted by Gasteiger charge is 2.33. The molecule has 0 radical (unpaired) electrons. The molecular formula is C10H17N3O2. The average Bonchev–Trinajstić information content (AvgIpc) is 2.40. The lowest BCUT2D eigenvalue weighted by Gasteiger charge is -2.12. The maximum atomic E-state index is 11.5. The molecule has 4 N–H and O–H groups in total. The first kappa shape index (κ1) is 11.6. The molecule has 0 saturated heterocycles. The Morgan fingerprint density at radius 2 is 2.27 bits per heavy atom. The van der Waals surface area contributed by atoms with E-state index >= 15 is 0 Å². The SMILES string of the molecule is CC(=NN)C1=C(O)C(CC(C)C)NC1=O. The third kappa shape index (κ3) is 2.29. The van der Waals surface area contributed by atoms with Gasteiger partial charge in [-0.2, -0.15) is 5.10 Å². The molecule has 0 spiro atoms. The number of amides is 1. The van der Waals surface area contributed by atoms with Crippen molar-refractivity contribution in [3.63, 3.8) is 0 Å². The molecule has 1 heterocycles. The topological polar surface area (TPSA) is 87.7 Å². The van der Waals surface area contributed by atoms with Gasteiger partial charge in [0.15, 0.2) is 0 Å². The molecule has 0 fully saturated rings. The molecule has 5 heteroatoms. The van der Waals surface area contributed by atoms with Crippen molar-refractivity contribution in [2.45, 2.75) is 33.2 Å². The number of aliphatic hydroxyl groups excluding tert-OH is 1. The summed E-state index contributed by atoms with van der Waals surface area (Å²) in [7, 11) is 0. The first-order valence-corrected chi connectivity index (χ1v) is 4.96. The summed E-state index contributed by atoms with van der Waals surface area (Å²) < 4.78 is 0. The van der Waals surface area contributed by atoms with Crippen molar-refractivity contribution < 1.29 is 9.90 Å². The van der Waals surface area contributed by atoms with Crippen molar-refractivity contribution in [3.05, 3.63) is 11.3 Å². The van der Waals surface area contributed by atoms with Crippen LogP contribution in [-0.2, 0) is 4.79 Å². The second-order valence-corrected chi connectivity index (χ2v) is 4.13. The van der Waals surface area contributed by atoms with Crippen LogP contribution in [0.5, 0.6) is 0 Å². The maximum absolute atomic E-state index is 11.5. The van der Waals surface area contributed by atoms with Gasteiger partial charge in [-0.25, -0.2) is 0 Å². The Balaban J connectivity index is 2.94. The van der Waals surface area contributed by atoms with E-state index in [2.05, 4.69) is 10.4 Å². The van der Waals surface area contributed by atoms with Crippen molar-refractivity contribution in [2.75, 3.05) is 0 Å². The van der Waals surface area contributed by atoms with Crippen LogP contribution in [0.1, 0.15) is 27.2 Å². The fourth-order valence-corrected chi connectivity index (χ4v) is 1.65. The minimum atomic E-state index is -0.302. The predicted molar refractivity (Wildman–Crippen MR) is 58.3 cm³/mol. The van der Waals surface area contributed by atoms with Crippen LogP contribution in [0, 0.1) is 5.92 Å². The van der Waals surface area contributed by atoms with Crippen LogP contribution in [0.3, 0.4) is 0 Å². The van der Waals surface area contributed by atoms with Gasteiger partial charge in [0.25, 0.3) is 5.91 Å². The highest BCUT2D eigenvalue weighted by Crippen LogP contribution is 2.21. The number of nitrogens with one attached hydrogen (secondary N) is 1. The molecular weight excluding hydrogens is 194 g/mol. The van der Waals surface area contributed by atoms with E-state index in [1.54, 1.807) is 6.92 Å². The number of nitrogens with zero attached hydrogens (tertiary/aromatic N) is 1. The standard InChI is InChI=1S/C10H17N3O2/c1-5(2)4-7-9(14)8(6(3)13-11)10(15)12-7/h5,7,14H,4,11H2,1-3H3,(H,12,15). The zero-order chi connectivity index (χ0) is 11.6. The lowest BCUT2D eigenvalue weighted by molar-refractivity contribution is -0.116. The van der Waals surface area contributed by atoms with Gasteiger partial charge in [-0.3, -0.25) is 4.79 Å². The van der Waals surface area contributed by atoms with Crippen molar-refractivity contribution in [3.8, 4) is 0 Å². The normalized spacial score (nSPS) is 22.5. The van der Waals surface area contributed by atoms with Crippen LogP contribution in [0.15, 0.2) is 16.4 Å². The second kappa shape index (κ2) is 4.33. The molecule has 0 saturated carbocycles. The number of hydrogen-bond donors (Lipinski definition) is 3. The van der Waals surface area contributed by atoms with Crippen molar-refractivity contribution in [2.24, 2.45) is 16.9 Å². The summed E-state index contributed by atoms with van der Waals surface area (Å²) in [5, 5.41) is 16.0. The van der Waals surface area contributed by atoms with Gasteiger partial charge >= 0.3 is 0 Å². The summed E-state index contributed by atoms with van der Waals surface area (Å²) in [4.78, 5) is 11.5. The quantitative estimate of drug-likeness (QED) is 0.364. The van der Waals surface area contributed by atoms with Crippen LogP contribution >= 0.6 is 0 Å². The highest BCUT2D eigenvalue weighted by molar-refractivity contribution is 6.22. The highest BCUT2D eigenvalue weighted by atomic mass is 16.3. The molecule has 0 aromatic carbocycles. The van der Waals surface area contributed by atoms with Crippen molar-refractivity contribution >= 4 is 11.6 Å². The van der Waals surface area contributed by atoms with Crippen molar-refractivity contribution in [1.29, 1.82) is 0 Å². The molecule has 0 aliphatic carbocycles. The molecule has 1 unspecified atom stereocenters. The number of carbonyl (C=O) groups excluding carboxylic acids is 1. The predicted octanol–water partition coefficient (Wildman–Crippen LogP) is 0.678. The first-order chi connectivity index (χ1) is 6.97. The largest absolute Gasteiger partial charge is 0.509 e. The Morgan fingerprint density at radius 3 is 2.73 bits per heavy atom. The fraction of sp³-hybridized carbons (Fsp3) is 0.600. The van der Waals surface area contributed by atoms with E-state index in [0.717, 1.165) is 0 Å². The summed E-state index contributed by atoms with van der Waals surface area (Å²) in [6.45, 7) is 5.66. The first-order valence-electron chi connectivity index (χ1n) is 4.96. The Labute approximate surface area is 89.0 Å².